The number of oxime groups is 1. The summed E-state index contributed by atoms with van der Waals surface area (Å²) in [5.41, 5.74) is 7.02. The quantitative estimate of drug-likeness (QED) is 0.362. The van der Waals surface area contributed by atoms with Crippen LogP contribution in [0.1, 0.15) is 25.3 Å². The number of amidine groups is 1. The lowest BCUT2D eigenvalue weighted by molar-refractivity contribution is 0.0918. The predicted octanol–water partition coefficient (Wildman–Crippen LogP) is 1.72. The Bertz CT molecular complexity index is 441. The Hall–Kier alpha value is -1.59. The summed E-state index contributed by atoms with van der Waals surface area (Å²) in [6.45, 7) is 7.41. The van der Waals surface area contributed by atoms with Crippen molar-refractivity contribution in [2.75, 3.05) is 26.2 Å². The molecule has 0 radical (unpaired) electrons. The summed E-state index contributed by atoms with van der Waals surface area (Å²) in [6.07, 6.45) is 1.67. The molecule has 116 valence electrons. The molecule has 1 unspecified atom stereocenters. The standard InChI is InChI=1S/C16H26N4O/c1-2-15(12-16(17)18-21)20-10-8-19(9-11-20)13-14-6-4-3-5-7-14/h3-7,15,21H,2,8-13H2,1H3,(H2,17,18). The zero-order chi connectivity index (χ0) is 15.1. The number of rotatable bonds is 6. The summed E-state index contributed by atoms with van der Waals surface area (Å²) in [5, 5.41) is 11.8. The van der Waals surface area contributed by atoms with Gasteiger partial charge >= 0.3 is 0 Å². The van der Waals surface area contributed by atoms with Gasteiger partial charge in [-0.05, 0) is 12.0 Å². The molecule has 1 fully saturated rings. The van der Waals surface area contributed by atoms with Crippen molar-refractivity contribution in [2.45, 2.75) is 32.4 Å². The van der Waals surface area contributed by atoms with E-state index in [1.54, 1.807) is 0 Å². The highest BCUT2D eigenvalue weighted by atomic mass is 16.4. The number of hydrogen-bond acceptors (Lipinski definition) is 4. The summed E-state index contributed by atoms with van der Waals surface area (Å²) in [7, 11) is 0. The maximum absolute atomic E-state index is 8.72. The second kappa shape index (κ2) is 8.00. The van der Waals surface area contributed by atoms with E-state index in [1.807, 2.05) is 0 Å². The normalized spacial score (nSPS) is 19.6. The van der Waals surface area contributed by atoms with Gasteiger partial charge in [0, 0.05) is 45.2 Å². The monoisotopic (exact) mass is 290 g/mol. The Balaban J connectivity index is 1.82. The summed E-state index contributed by atoms with van der Waals surface area (Å²) in [5.74, 6) is 0.327. The van der Waals surface area contributed by atoms with E-state index in [2.05, 4.69) is 52.2 Å². The first-order chi connectivity index (χ1) is 10.2. The van der Waals surface area contributed by atoms with Crippen LogP contribution in [0.3, 0.4) is 0 Å². The molecule has 3 N–H and O–H groups in total. The minimum atomic E-state index is 0.327. The lowest BCUT2D eigenvalue weighted by Gasteiger charge is -2.39. The first-order valence-electron chi connectivity index (χ1n) is 7.69. The third-order valence-corrected chi connectivity index (χ3v) is 4.22. The number of benzene rings is 1. The molecule has 1 atom stereocenters. The molecule has 1 aromatic rings. The van der Waals surface area contributed by atoms with Gasteiger partial charge in [0.05, 0.1) is 0 Å². The van der Waals surface area contributed by atoms with Gasteiger partial charge in [-0.15, -0.1) is 0 Å². The maximum Gasteiger partial charge on any atom is 0.140 e. The smallest absolute Gasteiger partial charge is 0.140 e. The van der Waals surface area contributed by atoms with Gasteiger partial charge in [0.15, 0.2) is 0 Å². The van der Waals surface area contributed by atoms with Gasteiger partial charge in [-0.2, -0.15) is 0 Å². The second-order valence-corrected chi connectivity index (χ2v) is 5.66. The lowest BCUT2D eigenvalue weighted by atomic mass is 10.1. The average Bonchev–Trinajstić information content (AvgIpc) is 2.54. The average molecular weight is 290 g/mol. The highest BCUT2D eigenvalue weighted by Gasteiger charge is 2.23. The van der Waals surface area contributed by atoms with Crippen molar-refractivity contribution < 1.29 is 5.21 Å². The van der Waals surface area contributed by atoms with Crippen LogP contribution in [0, 0.1) is 0 Å². The van der Waals surface area contributed by atoms with Crippen LogP contribution in [0.2, 0.25) is 0 Å². The van der Waals surface area contributed by atoms with Crippen molar-refractivity contribution in [1.29, 1.82) is 0 Å². The second-order valence-electron chi connectivity index (χ2n) is 5.66. The molecule has 0 aromatic heterocycles. The molecule has 1 aliphatic heterocycles. The van der Waals surface area contributed by atoms with Crippen LogP contribution in [0.25, 0.3) is 0 Å². The number of nitrogens with zero attached hydrogens (tertiary/aromatic N) is 3. The van der Waals surface area contributed by atoms with Gasteiger partial charge in [0.1, 0.15) is 5.84 Å². The molecule has 1 aromatic carbocycles. The molecule has 0 amide bonds. The molecule has 5 heteroatoms. The highest BCUT2D eigenvalue weighted by molar-refractivity contribution is 5.80. The van der Waals surface area contributed by atoms with Gasteiger partial charge < -0.3 is 10.9 Å². The Morgan fingerprint density at radius 2 is 1.90 bits per heavy atom. The molecule has 1 saturated heterocycles. The van der Waals surface area contributed by atoms with Crippen LogP contribution in [0.15, 0.2) is 35.5 Å². The van der Waals surface area contributed by atoms with E-state index in [-0.39, 0.29) is 0 Å². The van der Waals surface area contributed by atoms with E-state index in [4.69, 9.17) is 10.9 Å². The van der Waals surface area contributed by atoms with Crippen molar-refractivity contribution in [1.82, 2.24) is 9.80 Å². The van der Waals surface area contributed by atoms with Gasteiger partial charge in [-0.3, -0.25) is 9.80 Å². The van der Waals surface area contributed by atoms with E-state index >= 15 is 0 Å². The fraction of sp³-hybridized carbons (Fsp3) is 0.562. The molecule has 21 heavy (non-hydrogen) atoms. The zero-order valence-corrected chi connectivity index (χ0v) is 12.8. The topological polar surface area (TPSA) is 65.1 Å². The van der Waals surface area contributed by atoms with Crippen LogP contribution < -0.4 is 5.73 Å². The Kier molecular flexibility index (Phi) is 6.02. The first kappa shape index (κ1) is 15.8. The fourth-order valence-electron chi connectivity index (χ4n) is 2.94. The molecular weight excluding hydrogens is 264 g/mol. The predicted molar refractivity (Wildman–Crippen MR) is 85.4 cm³/mol. The van der Waals surface area contributed by atoms with E-state index in [1.165, 1.54) is 5.56 Å². The molecule has 1 heterocycles. The fourth-order valence-corrected chi connectivity index (χ4v) is 2.94. The third kappa shape index (κ3) is 4.72. The Morgan fingerprint density at radius 1 is 1.24 bits per heavy atom. The highest BCUT2D eigenvalue weighted by Crippen LogP contribution is 2.14. The van der Waals surface area contributed by atoms with Gasteiger partial charge in [0.25, 0.3) is 0 Å². The van der Waals surface area contributed by atoms with Crippen molar-refractivity contribution >= 4 is 5.84 Å². The SMILES string of the molecule is CCC(C/C(N)=N/O)N1CCN(Cc2ccccc2)CC1. The lowest BCUT2D eigenvalue weighted by Crippen LogP contribution is -2.50. The van der Waals surface area contributed by atoms with Crippen molar-refractivity contribution in [3.8, 4) is 0 Å². The minimum Gasteiger partial charge on any atom is -0.409 e. The number of piperazine rings is 1. The summed E-state index contributed by atoms with van der Waals surface area (Å²) < 4.78 is 0. The Labute approximate surface area is 127 Å². The van der Waals surface area contributed by atoms with Crippen LogP contribution in [-0.4, -0.2) is 53.1 Å². The molecule has 0 saturated carbocycles. The van der Waals surface area contributed by atoms with E-state index in [0.717, 1.165) is 39.1 Å². The maximum atomic E-state index is 8.72. The van der Waals surface area contributed by atoms with E-state index in [0.29, 0.717) is 18.3 Å². The molecule has 5 nitrogen and oxygen atoms in total. The minimum absolute atomic E-state index is 0.327. The summed E-state index contributed by atoms with van der Waals surface area (Å²) >= 11 is 0. The molecule has 2 rings (SSSR count). The molecule has 0 bridgehead atoms. The van der Waals surface area contributed by atoms with Crippen molar-refractivity contribution in [3.05, 3.63) is 35.9 Å². The van der Waals surface area contributed by atoms with Gasteiger partial charge in [-0.25, -0.2) is 0 Å². The largest absolute Gasteiger partial charge is 0.409 e. The molecule has 0 aliphatic carbocycles. The van der Waals surface area contributed by atoms with Crippen LogP contribution in [0.4, 0.5) is 0 Å². The molecule has 0 spiro atoms. The molecule has 1 aliphatic rings. The number of hydrogen-bond donors (Lipinski definition) is 2. The first-order valence-corrected chi connectivity index (χ1v) is 7.69. The van der Waals surface area contributed by atoms with E-state index < -0.39 is 0 Å². The summed E-state index contributed by atoms with van der Waals surface area (Å²) in [4.78, 5) is 4.95. The van der Waals surface area contributed by atoms with E-state index in [9.17, 15) is 0 Å². The Morgan fingerprint density at radius 3 is 2.48 bits per heavy atom. The third-order valence-electron chi connectivity index (χ3n) is 4.22. The zero-order valence-electron chi connectivity index (χ0n) is 12.8. The van der Waals surface area contributed by atoms with Crippen molar-refractivity contribution in [3.63, 3.8) is 0 Å². The van der Waals surface area contributed by atoms with Crippen LogP contribution >= 0.6 is 0 Å². The van der Waals surface area contributed by atoms with Crippen LogP contribution in [-0.2, 0) is 6.54 Å². The van der Waals surface area contributed by atoms with Crippen molar-refractivity contribution in [2.24, 2.45) is 10.9 Å². The number of nitrogens with two attached hydrogens (primary N) is 1. The van der Waals surface area contributed by atoms with Gasteiger partial charge in [0.2, 0.25) is 0 Å². The summed E-state index contributed by atoms with van der Waals surface area (Å²) in [6, 6.07) is 11.0. The van der Waals surface area contributed by atoms with Crippen LogP contribution in [0.5, 0.6) is 0 Å². The molecular formula is C16H26N4O. The van der Waals surface area contributed by atoms with Gasteiger partial charge in [-0.1, -0.05) is 42.4 Å².